The minimum atomic E-state index is -0.325. The van der Waals surface area contributed by atoms with Gasteiger partial charge in [-0.1, -0.05) is 56.3 Å². The Morgan fingerprint density at radius 1 is 1.11 bits per heavy atom. The number of nitrogens with one attached hydrogen (secondary N) is 3. The summed E-state index contributed by atoms with van der Waals surface area (Å²) in [5.74, 6) is 0.123. The van der Waals surface area contributed by atoms with Gasteiger partial charge in [-0.2, -0.15) is 0 Å². The van der Waals surface area contributed by atoms with Crippen LogP contribution in [0, 0.1) is 5.92 Å². The molecule has 1 unspecified atom stereocenters. The van der Waals surface area contributed by atoms with E-state index in [1.165, 1.54) is 0 Å². The van der Waals surface area contributed by atoms with Crippen molar-refractivity contribution in [1.82, 2.24) is 20.8 Å². The van der Waals surface area contributed by atoms with Gasteiger partial charge in [-0.15, -0.1) is 0 Å². The van der Waals surface area contributed by atoms with Gasteiger partial charge in [-0.25, -0.2) is 4.98 Å². The van der Waals surface area contributed by atoms with Crippen molar-refractivity contribution in [2.45, 2.75) is 37.6 Å². The summed E-state index contributed by atoms with van der Waals surface area (Å²) in [6.45, 7) is 3.87. The number of aromatic nitrogens is 2. The molecule has 0 spiro atoms. The Balaban J connectivity index is 1.51. The van der Waals surface area contributed by atoms with E-state index in [4.69, 9.17) is 0 Å². The number of thioether (sulfide) groups is 1. The van der Waals surface area contributed by atoms with Crippen molar-refractivity contribution in [1.29, 1.82) is 0 Å². The van der Waals surface area contributed by atoms with Crippen LogP contribution >= 0.6 is 11.8 Å². The second-order valence-corrected chi connectivity index (χ2v) is 7.64. The maximum atomic E-state index is 12.2. The van der Waals surface area contributed by atoms with Crippen molar-refractivity contribution in [3.63, 3.8) is 0 Å². The number of aromatic amines is 1. The van der Waals surface area contributed by atoms with Crippen LogP contribution in [-0.4, -0.2) is 21.8 Å². The number of fused-ring (bicyclic) bond motifs is 1. The van der Waals surface area contributed by atoms with Crippen LogP contribution in [-0.2, 0) is 10.5 Å². The molecule has 6 nitrogen and oxygen atoms in total. The molecule has 1 atom stereocenters. The van der Waals surface area contributed by atoms with Gasteiger partial charge in [0, 0.05) is 17.2 Å². The molecule has 0 saturated heterocycles. The lowest BCUT2D eigenvalue weighted by Crippen LogP contribution is -2.44. The van der Waals surface area contributed by atoms with Gasteiger partial charge < -0.3 is 4.98 Å². The summed E-state index contributed by atoms with van der Waals surface area (Å²) < 4.78 is 0. The van der Waals surface area contributed by atoms with E-state index in [9.17, 15) is 9.59 Å². The SMILES string of the molecule is CCCC(C)C(=O)NNC(=O)c1ccc(CSc2nc3ccccc3[nH]2)cc1. The summed E-state index contributed by atoms with van der Waals surface area (Å²) in [6, 6.07) is 15.3. The lowest BCUT2D eigenvalue weighted by molar-refractivity contribution is -0.125. The normalized spacial score (nSPS) is 11.9. The fourth-order valence-corrected chi connectivity index (χ4v) is 3.62. The molecule has 1 aromatic heterocycles. The number of benzene rings is 2. The maximum absolute atomic E-state index is 12.2. The highest BCUT2D eigenvalue weighted by atomic mass is 32.2. The van der Waals surface area contributed by atoms with Gasteiger partial charge in [-0.3, -0.25) is 20.4 Å². The number of hydrazine groups is 1. The first-order valence-electron chi connectivity index (χ1n) is 9.33. The third-order valence-electron chi connectivity index (χ3n) is 4.43. The molecular weight excluding hydrogens is 372 g/mol. The number of hydrogen-bond acceptors (Lipinski definition) is 4. The van der Waals surface area contributed by atoms with E-state index in [-0.39, 0.29) is 17.7 Å². The van der Waals surface area contributed by atoms with E-state index in [1.807, 2.05) is 50.2 Å². The second kappa shape index (κ2) is 9.41. The molecule has 7 heteroatoms. The number of para-hydroxylation sites is 2. The molecule has 28 heavy (non-hydrogen) atoms. The summed E-state index contributed by atoms with van der Waals surface area (Å²) in [5.41, 5.74) is 8.51. The van der Waals surface area contributed by atoms with Crippen LogP contribution < -0.4 is 10.9 Å². The molecule has 3 aromatic rings. The van der Waals surface area contributed by atoms with Gasteiger partial charge in [0.2, 0.25) is 5.91 Å². The molecule has 0 saturated carbocycles. The molecule has 1 heterocycles. The zero-order valence-electron chi connectivity index (χ0n) is 16.0. The van der Waals surface area contributed by atoms with Gasteiger partial charge in [-0.05, 0) is 36.2 Å². The predicted molar refractivity (Wildman–Crippen MR) is 112 cm³/mol. The van der Waals surface area contributed by atoms with Crippen LogP contribution in [0.3, 0.4) is 0 Å². The van der Waals surface area contributed by atoms with E-state index in [0.29, 0.717) is 5.56 Å². The highest BCUT2D eigenvalue weighted by Gasteiger charge is 2.13. The molecule has 0 fully saturated rings. The number of H-pyrrole nitrogens is 1. The molecule has 0 aliphatic heterocycles. The summed E-state index contributed by atoms with van der Waals surface area (Å²) in [6.07, 6.45) is 1.72. The van der Waals surface area contributed by atoms with E-state index in [1.54, 1.807) is 23.9 Å². The molecule has 2 aromatic carbocycles. The predicted octanol–water partition coefficient (Wildman–Crippen LogP) is 4.05. The Morgan fingerprint density at radius 3 is 2.57 bits per heavy atom. The highest BCUT2D eigenvalue weighted by Crippen LogP contribution is 2.23. The molecule has 0 aliphatic rings. The average molecular weight is 397 g/mol. The summed E-state index contributed by atoms with van der Waals surface area (Å²) >= 11 is 1.61. The Labute approximate surface area is 168 Å². The first-order chi connectivity index (χ1) is 13.6. The second-order valence-electron chi connectivity index (χ2n) is 6.68. The average Bonchev–Trinajstić information content (AvgIpc) is 3.13. The van der Waals surface area contributed by atoms with Crippen molar-refractivity contribution in [2.75, 3.05) is 0 Å². The molecule has 0 bridgehead atoms. The van der Waals surface area contributed by atoms with E-state index >= 15 is 0 Å². The Kier molecular flexibility index (Phi) is 6.71. The van der Waals surface area contributed by atoms with Crippen LogP contribution in [0.15, 0.2) is 53.7 Å². The molecule has 0 aliphatic carbocycles. The van der Waals surface area contributed by atoms with Gasteiger partial charge >= 0.3 is 0 Å². The molecule has 146 valence electrons. The topological polar surface area (TPSA) is 86.9 Å². The van der Waals surface area contributed by atoms with Gasteiger partial charge in [0.25, 0.3) is 5.91 Å². The van der Waals surface area contributed by atoms with E-state index in [2.05, 4.69) is 20.8 Å². The number of nitrogens with zero attached hydrogens (tertiary/aromatic N) is 1. The van der Waals surface area contributed by atoms with E-state index < -0.39 is 0 Å². The quantitative estimate of drug-likeness (QED) is 0.415. The number of carbonyl (C=O) groups excluding carboxylic acids is 2. The number of carbonyl (C=O) groups is 2. The Hall–Kier alpha value is -2.80. The molecular formula is C21H24N4O2S. The lowest BCUT2D eigenvalue weighted by Gasteiger charge is -2.12. The van der Waals surface area contributed by atoms with Crippen molar-refractivity contribution in [3.8, 4) is 0 Å². The Morgan fingerprint density at radius 2 is 1.86 bits per heavy atom. The van der Waals surface area contributed by atoms with Crippen LogP contribution in [0.2, 0.25) is 0 Å². The fraction of sp³-hybridized carbons (Fsp3) is 0.286. The standard InChI is InChI=1S/C21H24N4O2S/c1-3-6-14(2)19(26)24-25-20(27)16-11-9-15(10-12-16)13-28-21-22-17-7-4-5-8-18(17)23-21/h4-5,7-12,14H,3,6,13H2,1-2H3,(H,22,23)(H,24,26)(H,25,27). The third-order valence-corrected chi connectivity index (χ3v) is 5.37. The molecule has 0 radical (unpaired) electrons. The highest BCUT2D eigenvalue weighted by molar-refractivity contribution is 7.98. The number of rotatable bonds is 7. The minimum absolute atomic E-state index is 0.122. The smallest absolute Gasteiger partial charge is 0.269 e. The van der Waals surface area contributed by atoms with Crippen LogP contribution in [0.25, 0.3) is 11.0 Å². The zero-order valence-corrected chi connectivity index (χ0v) is 16.8. The van der Waals surface area contributed by atoms with Crippen molar-refractivity contribution >= 4 is 34.6 Å². The first kappa shape index (κ1) is 19.9. The lowest BCUT2D eigenvalue weighted by atomic mass is 10.1. The van der Waals surface area contributed by atoms with Crippen LogP contribution in [0.4, 0.5) is 0 Å². The summed E-state index contributed by atoms with van der Waals surface area (Å²) in [4.78, 5) is 31.9. The molecule has 3 rings (SSSR count). The van der Waals surface area contributed by atoms with Gasteiger partial charge in [0.1, 0.15) is 0 Å². The molecule has 3 N–H and O–H groups in total. The Bertz CT molecular complexity index is 919. The van der Waals surface area contributed by atoms with Crippen LogP contribution in [0.5, 0.6) is 0 Å². The van der Waals surface area contributed by atoms with Gasteiger partial charge in [0.15, 0.2) is 5.16 Å². The maximum Gasteiger partial charge on any atom is 0.269 e. The van der Waals surface area contributed by atoms with Gasteiger partial charge in [0.05, 0.1) is 11.0 Å². The van der Waals surface area contributed by atoms with Crippen molar-refractivity contribution in [3.05, 3.63) is 59.7 Å². The first-order valence-corrected chi connectivity index (χ1v) is 10.3. The monoisotopic (exact) mass is 396 g/mol. The number of amides is 2. The summed E-state index contributed by atoms with van der Waals surface area (Å²) in [5, 5.41) is 0.868. The zero-order chi connectivity index (χ0) is 19.9. The van der Waals surface area contributed by atoms with Crippen molar-refractivity contribution < 1.29 is 9.59 Å². The number of imidazole rings is 1. The minimum Gasteiger partial charge on any atom is -0.333 e. The van der Waals surface area contributed by atoms with Crippen molar-refractivity contribution in [2.24, 2.45) is 5.92 Å². The summed E-state index contributed by atoms with van der Waals surface area (Å²) in [7, 11) is 0. The van der Waals surface area contributed by atoms with E-state index in [0.717, 1.165) is 40.3 Å². The fourth-order valence-electron chi connectivity index (χ4n) is 2.78. The number of hydrogen-bond donors (Lipinski definition) is 3. The third kappa shape index (κ3) is 5.13. The molecule has 2 amide bonds. The largest absolute Gasteiger partial charge is 0.333 e. The van der Waals surface area contributed by atoms with Crippen LogP contribution in [0.1, 0.15) is 42.6 Å².